The van der Waals surface area contributed by atoms with Gasteiger partial charge in [-0.3, -0.25) is 9.48 Å². The Morgan fingerprint density at radius 2 is 2.17 bits per heavy atom. The van der Waals surface area contributed by atoms with Gasteiger partial charge in [0.05, 0.1) is 11.6 Å². The van der Waals surface area contributed by atoms with Gasteiger partial charge >= 0.3 is 0 Å². The molecule has 0 aliphatic heterocycles. The van der Waals surface area contributed by atoms with Crippen molar-refractivity contribution in [1.82, 2.24) is 20.4 Å². The van der Waals surface area contributed by atoms with Crippen LogP contribution in [0.1, 0.15) is 39.3 Å². The molecule has 0 spiro atoms. The minimum Gasteiger partial charge on any atom is -0.359 e. The molecule has 0 aliphatic rings. The van der Waals surface area contributed by atoms with E-state index in [2.05, 4.69) is 29.6 Å². The van der Waals surface area contributed by atoms with Gasteiger partial charge in [-0.2, -0.15) is 5.10 Å². The first kappa shape index (κ1) is 14.7. The van der Waals surface area contributed by atoms with Crippen LogP contribution in [0.3, 0.4) is 0 Å². The third kappa shape index (κ3) is 3.84. The number of hydrogen-bond donors (Lipinski definition) is 2. The zero-order valence-corrected chi connectivity index (χ0v) is 11.9. The van der Waals surface area contributed by atoms with Gasteiger partial charge in [-0.05, 0) is 27.7 Å². The molecule has 5 heteroatoms. The van der Waals surface area contributed by atoms with E-state index in [0.717, 1.165) is 12.1 Å². The molecule has 0 bridgehead atoms. The lowest BCUT2D eigenvalue weighted by Gasteiger charge is -2.22. The normalized spacial score (nSPS) is 11.9. The molecular weight excluding hydrogens is 228 g/mol. The Morgan fingerprint density at radius 3 is 2.67 bits per heavy atom. The fourth-order valence-corrected chi connectivity index (χ4v) is 1.69. The summed E-state index contributed by atoms with van der Waals surface area (Å²) in [5, 5.41) is 10.3. The van der Waals surface area contributed by atoms with E-state index < -0.39 is 5.41 Å². The number of nitrogens with zero attached hydrogens (tertiary/aromatic N) is 2. The summed E-state index contributed by atoms with van der Waals surface area (Å²) in [6.07, 6.45) is 3.89. The summed E-state index contributed by atoms with van der Waals surface area (Å²) in [6.45, 7) is 9.41. The van der Waals surface area contributed by atoms with Crippen LogP contribution >= 0.6 is 0 Å². The molecule has 0 aliphatic carbocycles. The summed E-state index contributed by atoms with van der Waals surface area (Å²) < 4.78 is 1.93. The third-order valence-corrected chi connectivity index (χ3v) is 2.92. The van der Waals surface area contributed by atoms with Gasteiger partial charge in [0.1, 0.15) is 0 Å². The maximum Gasteiger partial charge on any atom is 0.226 e. The highest BCUT2D eigenvalue weighted by molar-refractivity contribution is 5.81. The molecule has 1 aromatic heterocycles. The van der Waals surface area contributed by atoms with Crippen molar-refractivity contribution in [3.05, 3.63) is 18.0 Å². The van der Waals surface area contributed by atoms with Crippen LogP contribution in [0.5, 0.6) is 0 Å². The SMILES string of the molecule is CNC(=O)C(C)(C)CNCc1cnn(C(C)C)c1. The minimum atomic E-state index is -0.400. The first-order chi connectivity index (χ1) is 8.36. The Hall–Kier alpha value is -1.36. The highest BCUT2D eigenvalue weighted by atomic mass is 16.2. The highest BCUT2D eigenvalue weighted by Crippen LogP contribution is 2.13. The Bertz CT molecular complexity index is 395. The molecule has 0 radical (unpaired) electrons. The second kappa shape index (κ2) is 6.00. The van der Waals surface area contributed by atoms with Crippen molar-refractivity contribution < 1.29 is 4.79 Å². The molecule has 0 unspecified atom stereocenters. The van der Waals surface area contributed by atoms with Crippen molar-refractivity contribution in [3.63, 3.8) is 0 Å². The summed E-state index contributed by atoms with van der Waals surface area (Å²) in [5.41, 5.74) is 0.736. The zero-order chi connectivity index (χ0) is 13.8. The Morgan fingerprint density at radius 1 is 1.50 bits per heavy atom. The van der Waals surface area contributed by atoms with Gasteiger partial charge in [0.15, 0.2) is 0 Å². The maximum absolute atomic E-state index is 11.6. The average molecular weight is 252 g/mol. The van der Waals surface area contributed by atoms with E-state index in [1.807, 2.05) is 30.9 Å². The zero-order valence-electron chi connectivity index (χ0n) is 11.9. The molecule has 0 saturated carbocycles. The van der Waals surface area contributed by atoms with Crippen LogP contribution in [0, 0.1) is 5.41 Å². The van der Waals surface area contributed by atoms with E-state index in [0.29, 0.717) is 12.6 Å². The molecular formula is C13H24N4O. The van der Waals surface area contributed by atoms with Gasteiger partial charge in [-0.25, -0.2) is 0 Å². The smallest absolute Gasteiger partial charge is 0.226 e. The van der Waals surface area contributed by atoms with Crippen LogP contribution < -0.4 is 10.6 Å². The molecule has 1 heterocycles. The predicted molar refractivity (Wildman–Crippen MR) is 72.2 cm³/mol. The fraction of sp³-hybridized carbons (Fsp3) is 0.692. The van der Waals surface area contributed by atoms with E-state index in [4.69, 9.17) is 0 Å². The van der Waals surface area contributed by atoms with Crippen molar-refractivity contribution in [2.75, 3.05) is 13.6 Å². The molecule has 1 aromatic rings. The lowest BCUT2D eigenvalue weighted by atomic mass is 9.92. The Balaban J connectivity index is 2.44. The molecule has 0 saturated heterocycles. The molecule has 2 N–H and O–H groups in total. The molecule has 0 atom stereocenters. The minimum absolute atomic E-state index is 0.0490. The van der Waals surface area contributed by atoms with E-state index in [1.54, 1.807) is 7.05 Å². The number of rotatable bonds is 6. The van der Waals surface area contributed by atoms with Gasteiger partial charge < -0.3 is 10.6 Å². The van der Waals surface area contributed by atoms with Gasteiger partial charge in [-0.1, -0.05) is 0 Å². The third-order valence-electron chi connectivity index (χ3n) is 2.92. The number of carbonyl (C=O) groups is 1. The van der Waals surface area contributed by atoms with Crippen LogP contribution in [0.4, 0.5) is 0 Å². The number of carbonyl (C=O) groups excluding carboxylic acids is 1. The van der Waals surface area contributed by atoms with E-state index in [1.165, 1.54) is 0 Å². The molecule has 18 heavy (non-hydrogen) atoms. The summed E-state index contributed by atoms with van der Waals surface area (Å²) in [7, 11) is 1.66. The lowest BCUT2D eigenvalue weighted by molar-refractivity contribution is -0.128. The Labute approximate surface area is 109 Å². The summed E-state index contributed by atoms with van der Waals surface area (Å²) in [6, 6.07) is 0.376. The van der Waals surface area contributed by atoms with Gasteiger partial charge in [0.25, 0.3) is 0 Å². The lowest BCUT2D eigenvalue weighted by Crippen LogP contribution is -2.41. The van der Waals surface area contributed by atoms with Crippen LogP contribution in [0.25, 0.3) is 0 Å². The van der Waals surface area contributed by atoms with E-state index >= 15 is 0 Å². The monoisotopic (exact) mass is 252 g/mol. The van der Waals surface area contributed by atoms with E-state index in [9.17, 15) is 4.79 Å². The second-order valence-electron chi connectivity index (χ2n) is 5.49. The van der Waals surface area contributed by atoms with Crippen molar-refractivity contribution >= 4 is 5.91 Å². The van der Waals surface area contributed by atoms with Crippen molar-refractivity contribution in [2.45, 2.75) is 40.3 Å². The number of hydrogen-bond acceptors (Lipinski definition) is 3. The van der Waals surface area contributed by atoms with Gasteiger partial charge in [0.2, 0.25) is 5.91 Å². The quantitative estimate of drug-likeness (QED) is 0.803. The average Bonchev–Trinajstić information content (AvgIpc) is 2.76. The fourth-order valence-electron chi connectivity index (χ4n) is 1.69. The standard InChI is InChI=1S/C13H24N4O/c1-10(2)17-8-11(7-16-17)6-15-9-13(3,4)12(18)14-5/h7-8,10,15H,6,9H2,1-5H3,(H,14,18). The highest BCUT2D eigenvalue weighted by Gasteiger charge is 2.25. The first-order valence-corrected chi connectivity index (χ1v) is 6.32. The van der Waals surface area contributed by atoms with Crippen LogP contribution in [-0.2, 0) is 11.3 Å². The van der Waals surface area contributed by atoms with Crippen LogP contribution in [-0.4, -0.2) is 29.3 Å². The van der Waals surface area contributed by atoms with Gasteiger partial charge in [0, 0.05) is 37.9 Å². The van der Waals surface area contributed by atoms with Crippen molar-refractivity contribution in [2.24, 2.45) is 5.41 Å². The number of aromatic nitrogens is 2. The molecule has 0 fully saturated rings. The molecule has 5 nitrogen and oxygen atoms in total. The van der Waals surface area contributed by atoms with E-state index in [-0.39, 0.29) is 5.91 Å². The summed E-state index contributed by atoms with van der Waals surface area (Å²) in [4.78, 5) is 11.6. The largest absolute Gasteiger partial charge is 0.359 e. The maximum atomic E-state index is 11.6. The Kier molecular flexibility index (Phi) is 4.90. The number of nitrogens with one attached hydrogen (secondary N) is 2. The molecule has 102 valence electrons. The van der Waals surface area contributed by atoms with Crippen LogP contribution in [0.15, 0.2) is 12.4 Å². The molecule has 0 aromatic carbocycles. The first-order valence-electron chi connectivity index (χ1n) is 6.32. The summed E-state index contributed by atoms with van der Waals surface area (Å²) in [5.74, 6) is 0.0490. The predicted octanol–water partition coefficient (Wildman–Crippen LogP) is 1.33. The topological polar surface area (TPSA) is 59.0 Å². The van der Waals surface area contributed by atoms with Crippen molar-refractivity contribution in [1.29, 1.82) is 0 Å². The van der Waals surface area contributed by atoms with Crippen LogP contribution in [0.2, 0.25) is 0 Å². The van der Waals surface area contributed by atoms with Crippen molar-refractivity contribution in [3.8, 4) is 0 Å². The summed E-state index contributed by atoms with van der Waals surface area (Å²) >= 11 is 0. The van der Waals surface area contributed by atoms with Gasteiger partial charge in [-0.15, -0.1) is 0 Å². The molecule has 1 rings (SSSR count). The number of amides is 1. The molecule has 1 amide bonds. The second-order valence-corrected chi connectivity index (χ2v) is 5.49.